The zero-order valence-electron chi connectivity index (χ0n) is 9.62. The zero-order valence-corrected chi connectivity index (χ0v) is 10.4. The largest absolute Gasteiger partial charge is 0.316 e. The molecule has 2 rings (SSSR count). The van der Waals surface area contributed by atoms with Crippen LogP contribution in [0.4, 0.5) is 4.39 Å². The van der Waals surface area contributed by atoms with Gasteiger partial charge in [0.25, 0.3) is 0 Å². The predicted molar refractivity (Wildman–Crippen MR) is 64.4 cm³/mol. The molecule has 2 N–H and O–H groups in total. The smallest absolute Gasteiger partial charge is 0.213 e. The molecule has 0 fully saturated rings. The molecule has 0 saturated carbocycles. The number of benzene rings is 1. The molecule has 1 heterocycles. The lowest BCUT2D eigenvalue weighted by molar-refractivity contribution is 0.619. The van der Waals surface area contributed by atoms with E-state index >= 15 is 0 Å². The van der Waals surface area contributed by atoms with E-state index in [2.05, 4.69) is 20.5 Å². The Morgan fingerprint density at radius 2 is 2.24 bits per heavy atom. The molecule has 2 aromatic rings. The number of aromatic nitrogens is 3. The molecular weight excluding hydrogens is 239 g/mol. The summed E-state index contributed by atoms with van der Waals surface area (Å²) in [5, 5.41) is 10.4. The van der Waals surface area contributed by atoms with E-state index in [1.807, 2.05) is 20.0 Å². The van der Waals surface area contributed by atoms with Gasteiger partial charge in [-0.3, -0.25) is 5.10 Å². The van der Waals surface area contributed by atoms with Crippen molar-refractivity contribution in [3.05, 3.63) is 35.4 Å². The van der Waals surface area contributed by atoms with Crippen LogP contribution in [0.15, 0.2) is 28.3 Å². The van der Waals surface area contributed by atoms with Crippen molar-refractivity contribution >= 4 is 11.8 Å². The Labute approximate surface area is 103 Å². The maximum Gasteiger partial charge on any atom is 0.213 e. The number of H-pyrrole nitrogens is 1. The first-order valence-electron chi connectivity index (χ1n) is 5.18. The van der Waals surface area contributed by atoms with Crippen LogP contribution in [-0.4, -0.2) is 22.2 Å². The zero-order chi connectivity index (χ0) is 12.3. The molecule has 4 nitrogen and oxygen atoms in total. The van der Waals surface area contributed by atoms with E-state index < -0.39 is 0 Å². The van der Waals surface area contributed by atoms with Gasteiger partial charge in [-0.15, -0.1) is 5.10 Å². The maximum absolute atomic E-state index is 13.4. The Kier molecular flexibility index (Phi) is 3.75. The van der Waals surface area contributed by atoms with E-state index in [9.17, 15) is 4.39 Å². The molecule has 0 aliphatic carbocycles. The van der Waals surface area contributed by atoms with E-state index in [0.717, 1.165) is 16.3 Å². The third kappa shape index (κ3) is 3.28. The Morgan fingerprint density at radius 1 is 1.41 bits per heavy atom. The highest BCUT2D eigenvalue weighted by Crippen LogP contribution is 2.26. The molecule has 0 unspecified atom stereocenters. The van der Waals surface area contributed by atoms with Crippen LogP contribution in [0.5, 0.6) is 0 Å². The molecule has 0 atom stereocenters. The molecular formula is C11H13FN4S. The number of halogens is 1. The topological polar surface area (TPSA) is 53.6 Å². The summed E-state index contributed by atoms with van der Waals surface area (Å²) >= 11 is 1.34. The lowest BCUT2D eigenvalue weighted by Gasteiger charge is -2.03. The van der Waals surface area contributed by atoms with Crippen molar-refractivity contribution in [2.75, 3.05) is 7.05 Å². The molecule has 0 amide bonds. The highest BCUT2D eigenvalue weighted by molar-refractivity contribution is 7.99. The van der Waals surface area contributed by atoms with Crippen LogP contribution in [0.3, 0.4) is 0 Å². The van der Waals surface area contributed by atoms with Crippen molar-refractivity contribution in [3.8, 4) is 0 Å². The minimum absolute atomic E-state index is 0.243. The normalized spacial score (nSPS) is 10.8. The van der Waals surface area contributed by atoms with Crippen LogP contribution in [0.2, 0.25) is 0 Å². The SMILES string of the molecule is CNCc1cc(F)cc(Sc2n[nH]c(C)n2)c1. The molecule has 0 radical (unpaired) electrons. The molecule has 17 heavy (non-hydrogen) atoms. The lowest BCUT2D eigenvalue weighted by Crippen LogP contribution is -2.05. The summed E-state index contributed by atoms with van der Waals surface area (Å²) in [5.74, 6) is 0.506. The summed E-state index contributed by atoms with van der Waals surface area (Å²) in [6, 6.07) is 4.93. The van der Waals surface area contributed by atoms with E-state index in [-0.39, 0.29) is 5.82 Å². The van der Waals surface area contributed by atoms with Gasteiger partial charge in [0.15, 0.2) is 0 Å². The number of aromatic amines is 1. The molecule has 0 spiro atoms. The van der Waals surface area contributed by atoms with Crippen molar-refractivity contribution in [2.45, 2.75) is 23.5 Å². The first-order valence-corrected chi connectivity index (χ1v) is 6.00. The standard InChI is InChI=1S/C11H13FN4S/c1-7-14-11(16-15-7)17-10-4-8(6-13-2)3-9(12)5-10/h3-5,13H,6H2,1-2H3,(H,14,15,16). The van der Waals surface area contributed by atoms with Crippen molar-refractivity contribution in [1.29, 1.82) is 0 Å². The molecule has 0 aliphatic heterocycles. The van der Waals surface area contributed by atoms with Crippen molar-refractivity contribution < 1.29 is 4.39 Å². The second kappa shape index (κ2) is 5.29. The summed E-state index contributed by atoms with van der Waals surface area (Å²) in [6.07, 6.45) is 0. The minimum Gasteiger partial charge on any atom is -0.316 e. The van der Waals surface area contributed by atoms with Crippen LogP contribution in [0.25, 0.3) is 0 Å². The van der Waals surface area contributed by atoms with E-state index in [1.54, 1.807) is 0 Å². The van der Waals surface area contributed by atoms with Crippen molar-refractivity contribution in [2.24, 2.45) is 0 Å². The molecule has 0 saturated heterocycles. The molecule has 0 aliphatic rings. The van der Waals surface area contributed by atoms with Crippen LogP contribution in [0, 0.1) is 12.7 Å². The Bertz CT molecular complexity index is 512. The van der Waals surface area contributed by atoms with Gasteiger partial charge in [-0.25, -0.2) is 9.37 Å². The van der Waals surface area contributed by atoms with Gasteiger partial charge >= 0.3 is 0 Å². The van der Waals surface area contributed by atoms with Crippen molar-refractivity contribution in [3.63, 3.8) is 0 Å². The molecule has 1 aromatic heterocycles. The molecule has 90 valence electrons. The first-order chi connectivity index (χ1) is 8.17. The number of aryl methyl sites for hydroxylation is 1. The van der Waals surface area contributed by atoms with Gasteiger partial charge in [-0.1, -0.05) is 0 Å². The monoisotopic (exact) mass is 252 g/mol. The summed E-state index contributed by atoms with van der Waals surface area (Å²) in [5.41, 5.74) is 0.905. The lowest BCUT2D eigenvalue weighted by atomic mass is 10.2. The quantitative estimate of drug-likeness (QED) is 0.875. The Hall–Kier alpha value is -1.40. The second-order valence-electron chi connectivity index (χ2n) is 3.63. The highest BCUT2D eigenvalue weighted by atomic mass is 32.2. The average molecular weight is 252 g/mol. The van der Waals surface area contributed by atoms with Gasteiger partial charge in [-0.05, 0) is 49.5 Å². The second-order valence-corrected chi connectivity index (χ2v) is 4.67. The fourth-order valence-electron chi connectivity index (χ4n) is 1.46. The van der Waals surface area contributed by atoms with Gasteiger partial charge in [0.1, 0.15) is 11.6 Å². The van der Waals surface area contributed by atoms with Crippen LogP contribution in [-0.2, 0) is 6.54 Å². The first kappa shape index (κ1) is 12.1. The molecule has 0 bridgehead atoms. The van der Waals surface area contributed by atoms with Gasteiger partial charge in [-0.2, -0.15) is 0 Å². The Morgan fingerprint density at radius 3 is 2.88 bits per heavy atom. The number of rotatable bonds is 4. The van der Waals surface area contributed by atoms with Gasteiger partial charge in [0, 0.05) is 11.4 Å². The van der Waals surface area contributed by atoms with Crippen molar-refractivity contribution in [1.82, 2.24) is 20.5 Å². The summed E-state index contributed by atoms with van der Waals surface area (Å²) in [7, 11) is 1.83. The van der Waals surface area contributed by atoms with Gasteiger partial charge in [0.2, 0.25) is 5.16 Å². The molecule has 6 heteroatoms. The highest BCUT2D eigenvalue weighted by Gasteiger charge is 2.06. The number of nitrogens with one attached hydrogen (secondary N) is 2. The Balaban J connectivity index is 2.20. The van der Waals surface area contributed by atoms with E-state index in [1.165, 1.54) is 23.9 Å². The fraction of sp³-hybridized carbons (Fsp3) is 0.273. The summed E-state index contributed by atoms with van der Waals surface area (Å²) < 4.78 is 13.4. The third-order valence-corrected chi connectivity index (χ3v) is 2.93. The van der Waals surface area contributed by atoms with Gasteiger partial charge < -0.3 is 5.32 Å². The third-order valence-electron chi connectivity index (χ3n) is 2.10. The van der Waals surface area contributed by atoms with Crippen LogP contribution >= 0.6 is 11.8 Å². The number of hydrogen-bond donors (Lipinski definition) is 2. The average Bonchev–Trinajstić information content (AvgIpc) is 2.63. The van der Waals surface area contributed by atoms with E-state index in [0.29, 0.717) is 11.7 Å². The van der Waals surface area contributed by atoms with Crippen LogP contribution < -0.4 is 5.32 Å². The predicted octanol–water partition coefficient (Wildman–Crippen LogP) is 2.12. The number of nitrogens with zero attached hydrogens (tertiary/aromatic N) is 2. The van der Waals surface area contributed by atoms with Gasteiger partial charge in [0.05, 0.1) is 0 Å². The van der Waals surface area contributed by atoms with Crippen LogP contribution in [0.1, 0.15) is 11.4 Å². The summed E-state index contributed by atoms with van der Waals surface area (Å²) in [6.45, 7) is 2.47. The summed E-state index contributed by atoms with van der Waals surface area (Å²) in [4.78, 5) is 4.97. The molecule has 1 aromatic carbocycles. The maximum atomic E-state index is 13.4. The number of hydrogen-bond acceptors (Lipinski definition) is 4. The fourth-order valence-corrected chi connectivity index (χ4v) is 2.33. The van der Waals surface area contributed by atoms with E-state index in [4.69, 9.17) is 0 Å². The minimum atomic E-state index is -0.243.